The Bertz CT molecular complexity index is 682. The van der Waals surface area contributed by atoms with Crippen molar-refractivity contribution >= 4 is 15.8 Å². The predicted molar refractivity (Wildman–Crippen MR) is 107 cm³/mol. The maximum absolute atomic E-state index is 11.3. The van der Waals surface area contributed by atoms with Crippen LogP contribution in [-0.2, 0) is 15.3 Å². The number of sulfone groups is 1. The molecule has 2 N–H and O–H groups in total. The topological polar surface area (TPSA) is 70.6 Å². The van der Waals surface area contributed by atoms with Gasteiger partial charge in [0.15, 0.2) is 5.96 Å². The maximum Gasteiger partial charge on any atom is 0.191 e. The van der Waals surface area contributed by atoms with Crippen LogP contribution in [0.2, 0.25) is 0 Å². The Hall–Kier alpha value is -1.56. The second kappa shape index (κ2) is 9.22. The molecule has 0 bridgehead atoms. The van der Waals surface area contributed by atoms with E-state index in [4.69, 9.17) is 4.99 Å². The molecular weight excluding hydrogens is 334 g/mol. The van der Waals surface area contributed by atoms with Crippen molar-refractivity contribution in [2.24, 2.45) is 4.99 Å². The van der Waals surface area contributed by atoms with Gasteiger partial charge in [-0.3, -0.25) is 4.99 Å². The SMILES string of the molecule is CCNC(=NCC(C)(C)c1cccc(C)c1)NC(C)CCS(C)(=O)=O. The molecular formula is C19H33N3O2S. The third kappa shape index (κ3) is 8.38. The highest BCUT2D eigenvalue weighted by Gasteiger charge is 2.20. The molecule has 0 saturated carbocycles. The lowest BCUT2D eigenvalue weighted by Crippen LogP contribution is -2.43. The summed E-state index contributed by atoms with van der Waals surface area (Å²) >= 11 is 0. The Morgan fingerprint density at radius 1 is 1.32 bits per heavy atom. The Morgan fingerprint density at radius 2 is 2.00 bits per heavy atom. The quantitative estimate of drug-likeness (QED) is 0.547. The van der Waals surface area contributed by atoms with E-state index < -0.39 is 9.84 Å². The summed E-state index contributed by atoms with van der Waals surface area (Å²) in [5.74, 6) is 0.902. The zero-order chi connectivity index (χ0) is 19.1. The molecule has 0 radical (unpaired) electrons. The maximum atomic E-state index is 11.3. The Labute approximate surface area is 153 Å². The Kier molecular flexibility index (Phi) is 7.93. The summed E-state index contributed by atoms with van der Waals surface area (Å²) in [6.07, 6.45) is 1.83. The van der Waals surface area contributed by atoms with Gasteiger partial charge in [0.1, 0.15) is 9.84 Å². The van der Waals surface area contributed by atoms with Crippen molar-refractivity contribution in [3.05, 3.63) is 35.4 Å². The van der Waals surface area contributed by atoms with E-state index in [0.717, 1.165) is 12.5 Å². The van der Waals surface area contributed by atoms with Crippen LogP contribution >= 0.6 is 0 Å². The molecule has 0 saturated heterocycles. The van der Waals surface area contributed by atoms with Crippen LogP contribution in [0.5, 0.6) is 0 Å². The number of rotatable bonds is 8. The summed E-state index contributed by atoms with van der Waals surface area (Å²) in [5, 5.41) is 6.54. The highest BCUT2D eigenvalue weighted by atomic mass is 32.2. The van der Waals surface area contributed by atoms with Gasteiger partial charge in [0.05, 0.1) is 12.3 Å². The molecule has 0 heterocycles. The van der Waals surface area contributed by atoms with Crippen LogP contribution in [0, 0.1) is 6.92 Å². The van der Waals surface area contributed by atoms with Gasteiger partial charge >= 0.3 is 0 Å². The molecule has 0 aliphatic rings. The molecule has 0 aromatic heterocycles. The number of hydrogen-bond acceptors (Lipinski definition) is 3. The third-order valence-corrected chi connectivity index (χ3v) is 5.06. The minimum atomic E-state index is -2.94. The van der Waals surface area contributed by atoms with E-state index in [2.05, 4.69) is 55.7 Å². The van der Waals surface area contributed by atoms with Crippen LogP contribution in [-0.4, -0.2) is 45.5 Å². The van der Waals surface area contributed by atoms with Gasteiger partial charge in [-0.05, 0) is 32.8 Å². The smallest absolute Gasteiger partial charge is 0.191 e. The Morgan fingerprint density at radius 3 is 2.56 bits per heavy atom. The van der Waals surface area contributed by atoms with Crippen molar-refractivity contribution in [3.63, 3.8) is 0 Å². The molecule has 1 atom stereocenters. The minimum Gasteiger partial charge on any atom is -0.357 e. The molecule has 0 fully saturated rings. The zero-order valence-corrected chi connectivity index (χ0v) is 17.2. The molecule has 0 amide bonds. The third-order valence-electron chi connectivity index (χ3n) is 4.08. The summed E-state index contributed by atoms with van der Waals surface area (Å²) in [4.78, 5) is 4.72. The van der Waals surface area contributed by atoms with Crippen LogP contribution in [0.1, 0.15) is 45.2 Å². The van der Waals surface area contributed by atoms with E-state index in [1.165, 1.54) is 17.4 Å². The van der Waals surface area contributed by atoms with Crippen molar-refractivity contribution in [1.82, 2.24) is 10.6 Å². The first-order chi connectivity index (χ1) is 11.5. The fraction of sp³-hybridized carbons (Fsp3) is 0.632. The average Bonchev–Trinajstić information content (AvgIpc) is 2.50. The van der Waals surface area contributed by atoms with E-state index in [0.29, 0.717) is 13.0 Å². The van der Waals surface area contributed by atoms with Crippen molar-refractivity contribution in [1.29, 1.82) is 0 Å². The van der Waals surface area contributed by atoms with Crippen LogP contribution < -0.4 is 10.6 Å². The fourth-order valence-electron chi connectivity index (χ4n) is 2.45. The molecule has 1 unspecified atom stereocenters. The Balaban J connectivity index is 2.77. The summed E-state index contributed by atoms with van der Waals surface area (Å²) in [7, 11) is -2.94. The van der Waals surface area contributed by atoms with Gasteiger partial charge < -0.3 is 10.6 Å². The van der Waals surface area contributed by atoms with E-state index in [-0.39, 0.29) is 17.2 Å². The van der Waals surface area contributed by atoms with Gasteiger partial charge in [-0.25, -0.2) is 8.42 Å². The highest BCUT2D eigenvalue weighted by molar-refractivity contribution is 7.90. The van der Waals surface area contributed by atoms with Crippen molar-refractivity contribution in [3.8, 4) is 0 Å². The molecule has 1 aromatic rings. The van der Waals surface area contributed by atoms with Gasteiger partial charge in [0.25, 0.3) is 0 Å². The number of nitrogens with one attached hydrogen (secondary N) is 2. The molecule has 142 valence electrons. The molecule has 1 aromatic carbocycles. The second-order valence-electron chi connectivity index (χ2n) is 7.41. The van der Waals surface area contributed by atoms with Gasteiger partial charge in [0.2, 0.25) is 0 Å². The summed E-state index contributed by atoms with van der Waals surface area (Å²) in [5.41, 5.74) is 2.43. The standard InChI is InChI=1S/C19H33N3O2S/c1-7-20-18(22-16(3)11-12-25(6,23)24)21-14-19(4,5)17-10-8-9-15(2)13-17/h8-10,13,16H,7,11-12,14H2,1-6H3,(H2,20,21,22). The molecule has 5 nitrogen and oxygen atoms in total. The molecule has 0 aliphatic carbocycles. The molecule has 6 heteroatoms. The number of benzene rings is 1. The lowest BCUT2D eigenvalue weighted by Gasteiger charge is -2.25. The van der Waals surface area contributed by atoms with Crippen molar-refractivity contribution < 1.29 is 8.42 Å². The summed E-state index contributed by atoms with van der Waals surface area (Å²) in [6, 6.07) is 8.54. The molecule has 0 aliphatic heterocycles. The van der Waals surface area contributed by atoms with Crippen LogP contribution in [0.3, 0.4) is 0 Å². The lowest BCUT2D eigenvalue weighted by atomic mass is 9.84. The zero-order valence-electron chi connectivity index (χ0n) is 16.4. The monoisotopic (exact) mass is 367 g/mol. The van der Waals surface area contributed by atoms with Crippen LogP contribution in [0.25, 0.3) is 0 Å². The van der Waals surface area contributed by atoms with Crippen molar-refractivity contribution in [2.45, 2.75) is 52.5 Å². The highest BCUT2D eigenvalue weighted by Crippen LogP contribution is 2.24. The van der Waals surface area contributed by atoms with E-state index in [9.17, 15) is 8.42 Å². The number of guanidine groups is 1. The van der Waals surface area contributed by atoms with Crippen LogP contribution in [0.4, 0.5) is 0 Å². The summed E-state index contributed by atoms with van der Waals surface area (Å²) in [6.45, 7) is 11.9. The average molecular weight is 368 g/mol. The number of hydrogen-bond donors (Lipinski definition) is 2. The number of nitrogens with zero attached hydrogens (tertiary/aromatic N) is 1. The van der Waals surface area contributed by atoms with Crippen LogP contribution in [0.15, 0.2) is 29.3 Å². The van der Waals surface area contributed by atoms with Gasteiger partial charge in [-0.15, -0.1) is 0 Å². The predicted octanol–water partition coefficient (Wildman–Crippen LogP) is 2.65. The molecule has 0 spiro atoms. The minimum absolute atomic E-state index is 0.0367. The first-order valence-electron chi connectivity index (χ1n) is 8.83. The van der Waals surface area contributed by atoms with Crippen molar-refractivity contribution in [2.75, 3.05) is 25.1 Å². The fourth-order valence-corrected chi connectivity index (χ4v) is 3.23. The van der Waals surface area contributed by atoms with E-state index in [1.807, 2.05) is 13.8 Å². The molecule has 1 rings (SSSR count). The first kappa shape index (κ1) is 21.5. The van der Waals surface area contributed by atoms with E-state index >= 15 is 0 Å². The van der Waals surface area contributed by atoms with Gasteiger partial charge in [-0.2, -0.15) is 0 Å². The van der Waals surface area contributed by atoms with Gasteiger partial charge in [0, 0.05) is 24.3 Å². The normalized spacial score (nSPS) is 14.2. The largest absolute Gasteiger partial charge is 0.357 e. The van der Waals surface area contributed by atoms with Gasteiger partial charge in [-0.1, -0.05) is 43.7 Å². The summed E-state index contributed by atoms with van der Waals surface area (Å²) < 4.78 is 22.6. The first-order valence-corrected chi connectivity index (χ1v) is 10.9. The lowest BCUT2D eigenvalue weighted by molar-refractivity contribution is 0.533. The second-order valence-corrected chi connectivity index (χ2v) is 9.67. The van der Waals surface area contributed by atoms with E-state index in [1.54, 1.807) is 0 Å². The molecule has 25 heavy (non-hydrogen) atoms. The number of aliphatic imine (C=N–C) groups is 1. The number of aryl methyl sites for hydroxylation is 1.